The zero-order valence-electron chi connectivity index (χ0n) is 17.3. The quantitative estimate of drug-likeness (QED) is 0.489. The van der Waals surface area contributed by atoms with Crippen molar-refractivity contribution in [1.29, 1.82) is 0 Å². The van der Waals surface area contributed by atoms with Gasteiger partial charge in [-0.1, -0.05) is 12.1 Å². The second-order valence-electron chi connectivity index (χ2n) is 7.45. The van der Waals surface area contributed by atoms with E-state index in [1.807, 2.05) is 0 Å². The molecule has 0 radical (unpaired) electrons. The Balaban J connectivity index is 1.66. The zero-order valence-corrected chi connectivity index (χ0v) is 18.1. The summed E-state index contributed by atoms with van der Waals surface area (Å²) in [5.41, 5.74) is 0.759. The number of anilines is 1. The van der Waals surface area contributed by atoms with E-state index in [2.05, 4.69) is 10.1 Å². The van der Waals surface area contributed by atoms with Crippen LogP contribution >= 0.6 is 0 Å². The molecule has 1 aliphatic heterocycles. The van der Waals surface area contributed by atoms with Crippen LogP contribution in [0.5, 0.6) is 5.75 Å². The highest BCUT2D eigenvalue weighted by atomic mass is 32.2. The van der Waals surface area contributed by atoms with Gasteiger partial charge in [-0.15, -0.1) is 13.2 Å². The molecule has 33 heavy (non-hydrogen) atoms. The van der Waals surface area contributed by atoms with Gasteiger partial charge in [-0.05, 0) is 37.5 Å². The molecular formula is C20H20F3N3O6S. The number of carbonyl (C=O) groups excluding carboxylic acids is 1. The van der Waals surface area contributed by atoms with E-state index in [0.29, 0.717) is 11.3 Å². The van der Waals surface area contributed by atoms with Gasteiger partial charge >= 0.3 is 6.36 Å². The molecule has 0 bridgehead atoms. The summed E-state index contributed by atoms with van der Waals surface area (Å²) in [7, 11) is -4.09. The maximum atomic E-state index is 12.8. The monoisotopic (exact) mass is 487 g/mol. The Labute approximate surface area is 187 Å². The van der Waals surface area contributed by atoms with Gasteiger partial charge in [0.2, 0.25) is 15.9 Å². The van der Waals surface area contributed by atoms with Crippen LogP contribution in [0.2, 0.25) is 0 Å². The third kappa shape index (κ3) is 5.99. The number of non-ortho nitro benzene ring substituents is 1. The highest BCUT2D eigenvalue weighted by molar-refractivity contribution is 7.89. The first-order valence-electron chi connectivity index (χ1n) is 9.79. The van der Waals surface area contributed by atoms with Gasteiger partial charge in [0.15, 0.2) is 0 Å². The molecule has 1 fully saturated rings. The summed E-state index contributed by atoms with van der Waals surface area (Å²) < 4.78 is 67.9. The number of hydrogen-bond donors (Lipinski definition) is 1. The van der Waals surface area contributed by atoms with Crippen LogP contribution in [-0.4, -0.2) is 43.0 Å². The summed E-state index contributed by atoms with van der Waals surface area (Å²) in [5, 5.41) is 13.6. The van der Waals surface area contributed by atoms with Crippen molar-refractivity contribution in [2.45, 2.75) is 31.0 Å². The van der Waals surface area contributed by atoms with Gasteiger partial charge in [-0.3, -0.25) is 14.9 Å². The van der Waals surface area contributed by atoms with Crippen LogP contribution in [-0.2, 0) is 14.8 Å². The number of alkyl halides is 3. The van der Waals surface area contributed by atoms with Crippen molar-refractivity contribution in [3.63, 3.8) is 0 Å². The molecular weight excluding hydrogens is 467 g/mol. The van der Waals surface area contributed by atoms with E-state index in [1.165, 1.54) is 24.3 Å². The molecule has 1 N–H and O–H groups in total. The van der Waals surface area contributed by atoms with E-state index in [4.69, 9.17) is 0 Å². The van der Waals surface area contributed by atoms with Crippen molar-refractivity contribution in [1.82, 2.24) is 4.31 Å². The number of amides is 1. The average Bonchev–Trinajstić information content (AvgIpc) is 2.74. The number of piperidine rings is 1. The van der Waals surface area contributed by atoms with Crippen LogP contribution < -0.4 is 10.1 Å². The molecule has 1 heterocycles. The first-order valence-corrected chi connectivity index (χ1v) is 11.2. The van der Waals surface area contributed by atoms with Crippen molar-refractivity contribution in [2.24, 2.45) is 5.92 Å². The first kappa shape index (κ1) is 24.5. The van der Waals surface area contributed by atoms with E-state index in [9.17, 15) is 36.5 Å². The number of carbonyl (C=O) groups is 1. The molecule has 3 rings (SSSR count). The molecule has 1 amide bonds. The number of nitro benzene ring substituents is 1. The summed E-state index contributed by atoms with van der Waals surface area (Å²) in [6.45, 7) is 1.66. The molecule has 0 spiro atoms. The maximum absolute atomic E-state index is 12.8. The first-order chi connectivity index (χ1) is 15.4. The normalized spacial score (nSPS) is 15.8. The minimum Gasteiger partial charge on any atom is -0.406 e. The number of sulfonamides is 1. The second-order valence-corrected chi connectivity index (χ2v) is 9.38. The van der Waals surface area contributed by atoms with E-state index >= 15 is 0 Å². The zero-order chi connectivity index (χ0) is 24.4. The third-order valence-electron chi connectivity index (χ3n) is 5.19. The molecule has 1 saturated heterocycles. The van der Waals surface area contributed by atoms with Crippen LogP contribution in [0, 0.1) is 23.0 Å². The molecule has 0 unspecified atom stereocenters. The van der Waals surface area contributed by atoms with Crippen LogP contribution in [0.1, 0.15) is 18.4 Å². The third-order valence-corrected chi connectivity index (χ3v) is 7.09. The van der Waals surface area contributed by atoms with Crippen LogP contribution in [0.3, 0.4) is 0 Å². The largest absolute Gasteiger partial charge is 0.573 e. The number of nitrogens with zero attached hydrogens (tertiary/aromatic N) is 2. The van der Waals surface area contributed by atoms with Crippen molar-refractivity contribution >= 4 is 27.3 Å². The van der Waals surface area contributed by atoms with Gasteiger partial charge in [0.1, 0.15) is 5.75 Å². The molecule has 13 heteroatoms. The fourth-order valence-corrected chi connectivity index (χ4v) is 4.94. The van der Waals surface area contributed by atoms with E-state index in [0.717, 1.165) is 22.5 Å². The number of rotatable bonds is 6. The molecule has 2 aromatic rings. The van der Waals surface area contributed by atoms with Crippen LogP contribution in [0.15, 0.2) is 47.4 Å². The topological polar surface area (TPSA) is 119 Å². The van der Waals surface area contributed by atoms with Crippen LogP contribution in [0.4, 0.5) is 24.5 Å². The lowest BCUT2D eigenvalue weighted by Gasteiger charge is -2.30. The predicted molar refractivity (Wildman–Crippen MR) is 111 cm³/mol. The van der Waals surface area contributed by atoms with Crippen molar-refractivity contribution in [3.05, 3.63) is 58.1 Å². The van der Waals surface area contributed by atoms with E-state index in [1.54, 1.807) is 6.92 Å². The van der Waals surface area contributed by atoms with E-state index in [-0.39, 0.29) is 36.5 Å². The molecule has 0 saturated carbocycles. The Kier molecular flexibility index (Phi) is 6.93. The fraction of sp³-hybridized carbons (Fsp3) is 0.350. The number of nitrogens with one attached hydrogen (secondary N) is 1. The molecule has 1 aliphatic rings. The fourth-order valence-electron chi connectivity index (χ4n) is 3.43. The van der Waals surface area contributed by atoms with E-state index < -0.39 is 38.9 Å². The standard InChI is InChI=1S/C20H20F3N3O6S/c1-13-5-6-15(26(28)29)11-18(13)24-19(27)14-7-9-25(10-8-14)33(30,31)17-4-2-3-16(12-17)32-20(21,22)23/h2-6,11-12,14H,7-10H2,1H3,(H,24,27). The lowest BCUT2D eigenvalue weighted by atomic mass is 9.97. The second kappa shape index (κ2) is 9.35. The summed E-state index contributed by atoms with van der Waals surface area (Å²) in [5.74, 6) is -1.57. The highest BCUT2D eigenvalue weighted by Crippen LogP contribution is 2.29. The minimum absolute atomic E-state index is 0.0152. The molecule has 178 valence electrons. The van der Waals surface area contributed by atoms with Gasteiger partial charge in [-0.25, -0.2) is 8.42 Å². The molecule has 9 nitrogen and oxygen atoms in total. The van der Waals surface area contributed by atoms with Crippen LogP contribution in [0.25, 0.3) is 0 Å². The van der Waals surface area contributed by atoms with Gasteiger partial charge in [0, 0.05) is 37.2 Å². The molecule has 0 aromatic heterocycles. The van der Waals surface area contributed by atoms with Crippen molar-refractivity contribution < 1.29 is 36.0 Å². The lowest BCUT2D eigenvalue weighted by Crippen LogP contribution is -2.41. The molecule has 0 atom stereocenters. The van der Waals surface area contributed by atoms with Crippen molar-refractivity contribution in [3.8, 4) is 5.75 Å². The predicted octanol–water partition coefficient (Wildman–Crippen LogP) is 3.84. The Morgan fingerprint density at radius 2 is 1.85 bits per heavy atom. The molecule has 2 aromatic carbocycles. The molecule has 0 aliphatic carbocycles. The Morgan fingerprint density at radius 1 is 1.18 bits per heavy atom. The van der Waals surface area contributed by atoms with Gasteiger partial charge in [0.05, 0.1) is 15.5 Å². The summed E-state index contributed by atoms with van der Waals surface area (Å²) >= 11 is 0. The van der Waals surface area contributed by atoms with Gasteiger partial charge in [0.25, 0.3) is 5.69 Å². The maximum Gasteiger partial charge on any atom is 0.573 e. The van der Waals surface area contributed by atoms with Gasteiger partial charge in [-0.2, -0.15) is 4.31 Å². The number of hydrogen-bond acceptors (Lipinski definition) is 6. The smallest absolute Gasteiger partial charge is 0.406 e. The average molecular weight is 487 g/mol. The SMILES string of the molecule is Cc1ccc([N+](=O)[O-])cc1NC(=O)C1CCN(S(=O)(=O)c2cccc(OC(F)(F)F)c2)CC1. The number of nitro groups is 1. The van der Waals surface area contributed by atoms with Crippen molar-refractivity contribution in [2.75, 3.05) is 18.4 Å². The summed E-state index contributed by atoms with van der Waals surface area (Å²) in [6.07, 6.45) is -4.60. The Bertz CT molecular complexity index is 1160. The number of aryl methyl sites for hydroxylation is 1. The van der Waals surface area contributed by atoms with Gasteiger partial charge < -0.3 is 10.1 Å². The summed E-state index contributed by atoms with van der Waals surface area (Å²) in [4.78, 5) is 22.7. The minimum atomic E-state index is -4.95. The highest BCUT2D eigenvalue weighted by Gasteiger charge is 2.34. The number of halogens is 3. The Hall–Kier alpha value is -3.19. The number of ether oxygens (including phenoxy) is 1. The number of benzene rings is 2. The lowest BCUT2D eigenvalue weighted by molar-refractivity contribution is -0.384. The Morgan fingerprint density at radius 3 is 2.45 bits per heavy atom. The summed E-state index contributed by atoms with van der Waals surface area (Å²) in [6, 6.07) is 8.20.